The van der Waals surface area contributed by atoms with E-state index < -0.39 is 0 Å². The van der Waals surface area contributed by atoms with Gasteiger partial charge in [-0.15, -0.1) is 0 Å². The van der Waals surface area contributed by atoms with E-state index in [0.717, 1.165) is 12.1 Å². The third-order valence-corrected chi connectivity index (χ3v) is 2.86. The topological polar surface area (TPSA) is 52.9 Å². The van der Waals surface area contributed by atoms with Crippen LogP contribution in [0.2, 0.25) is 0 Å². The van der Waals surface area contributed by atoms with Gasteiger partial charge in [-0.2, -0.15) is 5.26 Å². The summed E-state index contributed by atoms with van der Waals surface area (Å²) in [6.07, 6.45) is 2.46. The Morgan fingerprint density at radius 1 is 1.56 bits per heavy atom. The number of hydrogen-bond donors (Lipinski definition) is 1. The van der Waals surface area contributed by atoms with Crippen LogP contribution in [0.25, 0.3) is 0 Å². The third-order valence-electron chi connectivity index (χ3n) is 2.86. The molecule has 1 aromatic carbocycles. The highest BCUT2D eigenvalue weighted by Gasteiger charge is 2.21. The van der Waals surface area contributed by atoms with Crippen LogP contribution in [0, 0.1) is 24.2 Å². The molecule has 82 valence electrons. The van der Waals surface area contributed by atoms with Crippen LogP contribution in [0.3, 0.4) is 0 Å². The summed E-state index contributed by atoms with van der Waals surface area (Å²) in [7, 11) is 0. The molecule has 0 saturated heterocycles. The fourth-order valence-electron chi connectivity index (χ4n) is 1.59. The van der Waals surface area contributed by atoms with Crippen LogP contribution < -0.4 is 5.32 Å². The Hall–Kier alpha value is -1.82. The molecule has 0 bridgehead atoms. The van der Waals surface area contributed by atoms with Crippen molar-refractivity contribution in [3.63, 3.8) is 0 Å². The minimum Gasteiger partial charge on any atom is -0.352 e. The fourth-order valence-corrected chi connectivity index (χ4v) is 1.59. The lowest BCUT2D eigenvalue weighted by Crippen LogP contribution is -2.25. The summed E-state index contributed by atoms with van der Waals surface area (Å²) < 4.78 is 0. The summed E-state index contributed by atoms with van der Waals surface area (Å²) in [5, 5.41) is 11.7. The Bertz CT molecular complexity index is 455. The summed E-state index contributed by atoms with van der Waals surface area (Å²) in [4.78, 5) is 11.7. The molecule has 1 aliphatic rings. The maximum atomic E-state index is 11.7. The quantitative estimate of drug-likeness (QED) is 0.836. The summed E-state index contributed by atoms with van der Waals surface area (Å²) in [6, 6.07) is 7.25. The van der Waals surface area contributed by atoms with Gasteiger partial charge in [0.15, 0.2) is 0 Å². The van der Waals surface area contributed by atoms with Gasteiger partial charge in [-0.1, -0.05) is 0 Å². The number of nitriles is 1. The van der Waals surface area contributed by atoms with Crippen molar-refractivity contribution in [2.24, 2.45) is 5.92 Å². The first-order valence-electron chi connectivity index (χ1n) is 5.49. The van der Waals surface area contributed by atoms with Crippen LogP contribution in [0.5, 0.6) is 0 Å². The van der Waals surface area contributed by atoms with Crippen molar-refractivity contribution in [3.8, 4) is 6.07 Å². The lowest BCUT2D eigenvalue weighted by Gasteiger charge is -2.05. The van der Waals surface area contributed by atoms with Gasteiger partial charge in [0.25, 0.3) is 5.91 Å². The molecule has 0 aliphatic heterocycles. The van der Waals surface area contributed by atoms with Gasteiger partial charge in [-0.25, -0.2) is 0 Å². The lowest BCUT2D eigenvalue weighted by molar-refractivity contribution is 0.0951. The monoisotopic (exact) mass is 214 g/mol. The largest absolute Gasteiger partial charge is 0.352 e. The minimum atomic E-state index is -0.0421. The van der Waals surface area contributed by atoms with Crippen LogP contribution in [-0.2, 0) is 0 Å². The predicted octanol–water partition coefficient (Wildman–Crippen LogP) is 2.01. The Morgan fingerprint density at radius 2 is 2.31 bits per heavy atom. The van der Waals surface area contributed by atoms with Gasteiger partial charge in [0.2, 0.25) is 0 Å². The van der Waals surface area contributed by atoms with Crippen molar-refractivity contribution in [3.05, 3.63) is 34.9 Å². The smallest absolute Gasteiger partial charge is 0.251 e. The molecule has 0 atom stereocenters. The standard InChI is InChI=1S/C13H14N2O/c1-9-6-11(4-5-12(9)7-14)13(16)15-8-10-2-3-10/h4-6,10H,2-3,8H2,1H3,(H,15,16). The summed E-state index contributed by atoms with van der Waals surface area (Å²) in [6.45, 7) is 2.62. The zero-order chi connectivity index (χ0) is 11.5. The van der Waals surface area contributed by atoms with Gasteiger partial charge < -0.3 is 5.32 Å². The second-order valence-corrected chi connectivity index (χ2v) is 4.29. The highest BCUT2D eigenvalue weighted by Crippen LogP contribution is 2.27. The molecular formula is C13H14N2O. The SMILES string of the molecule is Cc1cc(C(=O)NCC2CC2)ccc1C#N. The molecule has 0 heterocycles. The van der Waals surface area contributed by atoms with Crippen LogP contribution >= 0.6 is 0 Å². The van der Waals surface area contributed by atoms with Crippen LogP contribution in [0.15, 0.2) is 18.2 Å². The molecule has 1 saturated carbocycles. The molecule has 1 amide bonds. The van der Waals surface area contributed by atoms with Gasteiger partial charge in [-0.05, 0) is 49.4 Å². The number of carbonyl (C=O) groups is 1. The molecule has 0 spiro atoms. The van der Waals surface area contributed by atoms with Gasteiger partial charge in [0.05, 0.1) is 11.6 Å². The number of carbonyl (C=O) groups excluding carboxylic acids is 1. The van der Waals surface area contributed by atoms with E-state index in [1.807, 2.05) is 6.92 Å². The van der Waals surface area contributed by atoms with Gasteiger partial charge >= 0.3 is 0 Å². The maximum Gasteiger partial charge on any atom is 0.251 e. The molecule has 3 nitrogen and oxygen atoms in total. The molecule has 0 unspecified atom stereocenters. The average Bonchev–Trinajstić information content (AvgIpc) is 3.09. The predicted molar refractivity (Wildman–Crippen MR) is 61.0 cm³/mol. The summed E-state index contributed by atoms with van der Waals surface area (Å²) >= 11 is 0. The minimum absolute atomic E-state index is 0.0421. The number of nitrogens with zero attached hydrogens (tertiary/aromatic N) is 1. The van der Waals surface area contributed by atoms with Gasteiger partial charge in [0, 0.05) is 12.1 Å². The average molecular weight is 214 g/mol. The lowest BCUT2D eigenvalue weighted by atomic mass is 10.1. The van der Waals surface area contributed by atoms with Crippen molar-refractivity contribution in [2.75, 3.05) is 6.54 Å². The van der Waals surface area contributed by atoms with Crippen molar-refractivity contribution >= 4 is 5.91 Å². The molecule has 3 heteroatoms. The van der Waals surface area contributed by atoms with E-state index in [1.54, 1.807) is 18.2 Å². The van der Waals surface area contributed by atoms with Gasteiger partial charge in [-0.3, -0.25) is 4.79 Å². The third kappa shape index (κ3) is 2.40. The summed E-state index contributed by atoms with van der Waals surface area (Å²) in [5.74, 6) is 0.642. The van der Waals surface area contributed by atoms with E-state index in [9.17, 15) is 4.79 Å². The number of hydrogen-bond acceptors (Lipinski definition) is 2. The van der Waals surface area contributed by atoms with Crippen LogP contribution in [0.1, 0.15) is 34.3 Å². The molecule has 1 aliphatic carbocycles. The molecule has 0 aromatic heterocycles. The molecule has 16 heavy (non-hydrogen) atoms. The molecule has 1 N–H and O–H groups in total. The molecule has 0 radical (unpaired) electrons. The molecule has 1 fully saturated rings. The number of rotatable bonds is 3. The Labute approximate surface area is 95.1 Å². The maximum absolute atomic E-state index is 11.7. The number of nitrogens with one attached hydrogen (secondary N) is 1. The van der Waals surface area contributed by atoms with Crippen molar-refractivity contribution in [1.82, 2.24) is 5.32 Å². The second kappa shape index (κ2) is 4.36. The van der Waals surface area contributed by atoms with E-state index in [4.69, 9.17) is 5.26 Å². The van der Waals surface area contributed by atoms with Gasteiger partial charge in [0.1, 0.15) is 0 Å². The Balaban J connectivity index is 2.05. The number of aryl methyl sites for hydroxylation is 1. The number of benzene rings is 1. The number of amides is 1. The van der Waals surface area contributed by atoms with E-state index in [-0.39, 0.29) is 5.91 Å². The van der Waals surface area contributed by atoms with Crippen molar-refractivity contribution < 1.29 is 4.79 Å². The van der Waals surface area contributed by atoms with E-state index in [2.05, 4.69) is 11.4 Å². The Morgan fingerprint density at radius 3 is 2.88 bits per heavy atom. The molecule has 2 rings (SSSR count). The molecule has 1 aromatic rings. The van der Waals surface area contributed by atoms with Crippen molar-refractivity contribution in [2.45, 2.75) is 19.8 Å². The van der Waals surface area contributed by atoms with E-state index in [0.29, 0.717) is 17.0 Å². The zero-order valence-electron chi connectivity index (χ0n) is 9.29. The molecular weight excluding hydrogens is 200 g/mol. The Kier molecular flexibility index (Phi) is 2.91. The second-order valence-electron chi connectivity index (χ2n) is 4.29. The first-order chi connectivity index (χ1) is 7.70. The first kappa shape index (κ1) is 10.7. The van der Waals surface area contributed by atoms with Crippen molar-refractivity contribution in [1.29, 1.82) is 5.26 Å². The summed E-state index contributed by atoms with van der Waals surface area (Å²) in [5.41, 5.74) is 2.11. The van der Waals surface area contributed by atoms with Crippen LogP contribution in [-0.4, -0.2) is 12.5 Å². The van der Waals surface area contributed by atoms with E-state index in [1.165, 1.54) is 12.8 Å². The normalized spacial score (nSPS) is 14.2. The van der Waals surface area contributed by atoms with Crippen LogP contribution in [0.4, 0.5) is 0 Å². The first-order valence-corrected chi connectivity index (χ1v) is 5.49. The highest BCUT2D eigenvalue weighted by atomic mass is 16.1. The highest BCUT2D eigenvalue weighted by molar-refractivity contribution is 5.94. The fraction of sp³-hybridized carbons (Fsp3) is 0.385. The zero-order valence-corrected chi connectivity index (χ0v) is 9.29. The van der Waals surface area contributed by atoms with E-state index >= 15 is 0 Å².